The van der Waals surface area contributed by atoms with E-state index in [2.05, 4.69) is 30.7 Å². The number of alkyl halides is 2. The van der Waals surface area contributed by atoms with Crippen LogP contribution in [-0.4, -0.2) is 35.7 Å². The Balaban J connectivity index is 1.93. The predicted molar refractivity (Wildman–Crippen MR) is 93.0 cm³/mol. The number of anilines is 1. The largest absolute Gasteiger partial charge is 0.280 e. The Morgan fingerprint density at radius 3 is 2.44 bits per heavy atom. The Bertz CT molecular complexity index is 1010. The van der Waals surface area contributed by atoms with Crippen molar-refractivity contribution < 1.29 is 13.2 Å². The van der Waals surface area contributed by atoms with Gasteiger partial charge in [-0.15, -0.1) is 0 Å². The third-order valence-electron chi connectivity index (χ3n) is 3.81. The standard InChI is InChI=1S/C16H17F3N8/c1-8-10(15(19)27(4)25-8)6-20-23-16-21-12(5-13(22-16)14(17)18)11-7-26(3)24-9(11)2/h5-7,14H,1-4H3,(H,21,22,23)/b20-6-. The molecule has 0 amide bonds. The topological polar surface area (TPSA) is 85.8 Å². The van der Waals surface area contributed by atoms with Crippen LogP contribution in [0.2, 0.25) is 0 Å². The van der Waals surface area contributed by atoms with Crippen LogP contribution in [0.4, 0.5) is 19.1 Å². The molecule has 3 aromatic rings. The lowest BCUT2D eigenvalue weighted by molar-refractivity contribution is 0.146. The molecule has 3 heterocycles. The molecule has 0 aliphatic heterocycles. The van der Waals surface area contributed by atoms with Crippen molar-refractivity contribution >= 4 is 12.2 Å². The van der Waals surface area contributed by atoms with Gasteiger partial charge in [0.2, 0.25) is 11.9 Å². The van der Waals surface area contributed by atoms with Crippen LogP contribution in [-0.2, 0) is 14.1 Å². The molecule has 1 N–H and O–H groups in total. The molecule has 0 saturated heterocycles. The number of nitrogens with one attached hydrogen (secondary N) is 1. The lowest BCUT2D eigenvalue weighted by Gasteiger charge is -2.06. The normalized spacial score (nSPS) is 11.7. The van der Waals surface area contributed by atoms with Gasteiger partial charge in [0.1, 0.15) is 5.69 Å². The highest BCUT2D eigenvalue weighted by atomic mass is 19.3. The van der Waals surface area contributed by atoms with Gasteiger partial charge in [-0.2, -0.15) is 19.7 Å². The quantitative estimate of drug-likeness (QED) is 0.545. The van der Waals surface area contributed by atoms with E-state index < -0.39 is 18.1 Å². The molecule has 0 aromatic carbocycles. The first-order valence-electron chi connectivity index (χ1n) is 7.92. The van der Waals surface area contributed by atoms with Gasteiger partial charge in [-0.25, -0.2) is 28.9 Å². The van der Waals surface area contributed by atoms with Gasteiger partial charge in [-0.1, -0.05) is 0 Å². The van der Waals surface area contributed by atoms with Crippen LogP contribution < -0.4 is 5.43 Å². The van der Waals surface area contributed by atoms with Gasteiger partial charge in [0.25, 0.3) is 6.43 Å². The summed E-state index contributed by atoms with van der Waals surface area (Å²) >= 11 is 0. The summed E-state index contributed by atoms with van der Waals surface area (Å²) in [6.45, 7) is 3.38. The summed E-state index contributed by atoms with van der Waals surface area (Å²) in [5.41, 5.74) is 4.16. The fourth-order valence-electron chi connectivity index (χ4n) is 2.56. The van der Waals surface area contributed by atoms with Gasteiger partial charge in [-0.3, -0.25) is 4.68 Å². The predicted octanol–water partition coefficient (Wildman–Crippen LogP) is 2.75. The molecule has 0 fully saturated rings. The van der Waals surface area contributed by atoms with Crippen molar-refractivity contribution in [2.24, 2.45) is 19.2 Å². The lowest BCUT2D eigenvalue weighted by atomic mass is 10.1. The SMILES string of the molecule is Cc1nn(C)cc1-c1cc(C(F)F)nc(N/N=C\c2c(C)nn(C)c2F)n1. The molecule has 0 unspecified atom stereocenters. The maximum absolute atomic E-state index is 13.9. The molecule has 8 nitrogen and oxygen atoms in total. The Kier molecular flexibility index (Phi) is 4.93. The van der Waals surface area contributed by atoms with E-state index in [9.17, 15) is 13.2 Å². The average molecular weight is 378 g/mol. The monoisotopic (exact) mass is 378 g/mol. The molecule has 142 valence electrons. The molecule has 11 heteroatoms. The highest BCUT2D eigenvalue weighted by molar-refractivity contribution is 5.81. The molecular formula is C16H17F3N8. The van der Waals surface area contributed by atoms with E-state index in [4.69, 9.17) is 0 Å². The molecule has 3 rings (SSSR count). The van der Waals surface area contributed by atoms with E-state index in [0.29, 0.717) is 17.0 Å². The van der Waals surface area contributed by atoms with Gasteiger partial charge >= 0.3 is 0 Å². The van der Waals surface area contributed by atoms with E-state index in [0.717, 1.165) is 4.68 Å². The van der Waals surface area contributed by atoms with Crippen LogP contribution in [0.25, 0.3) is 11.3 Å². The molecule has 3 aromatic heterocycles. The van der Waals surface area contributed by atoms with Crippen LogP contribution in [0.3, 0.4) is 0 Å². The van der Waals surface area contributed by atoms with Crippen LogP contribution in [0, 0.1) is 19.8 Å². The number of hydrogen-bond donors (Lipinski definition) is 1. The van der Waals surface area contributed by atoms with Crippen molar-refractivity contribution in [1.29, 1.82) is 0 Å². The highest BCUT2D eigenvalue weighted by Gasteiger charge is 2.16. The summed E-state index contributed by atoms with van der Waals surface area (Å²) in [5, 5.41) is 12.0. The molecule has 0 radical (unpaired) electrons. The maximum Gasteiger partial charge on any atom is 0.280 e. The zero-order valence-corrected chi connectivity index (χ0v) is 15.1. The minimum Gasteiger partial charge on any atom is -0.275 e. The fraction of sp³-hybridized carbons (Fsp3) is 0.312. The van der Waals surface area contributed by atoms with Crippen molar-refractivity contribution in [1.82, 2.24) is 29.5 Å². The second-order valence-corrected chi connectivity index (χ2v) is 5.89. The van der Waals surface area contributed by atoms with Gasteiger partial charge in [0.15, 0.2) is 0 Å². The van der Waals surface area contributed by atoms with Crippen LogP contribution in [0.15, 0.2) is 17.4 Å². The lowest BCUT2D eigenvalue weighted by Crippen LogP contribution is -2.03. The highest BCUT2D eigenvalue weighted by Crippen LogP contribution is 2.26. The molecule has 0 bridgehead atoms. The third kappa shape index (κ3) is 3.81. The Morgan fingerprint density at radius 2 is 1.89 bits per heavy atom. The smallest absolute Gasteiger partial charge is 0.275 e. The molecule has 0 aliphatic carbocycles. The van der Waals surface area contributed by atoms with Crippen molar-refractivity contribution in [3.63, 3.8) is 0 Å². The maximum atomic E-state index is 13.9. The number of rotatable bonds is 5. The van der Waals surface area contributed by atoms with Crippen molar-refractivity contribution in [2.45, 2.75) is 20.3 Å². The second kappa shape index (κ2) is 7.17. The van der Waals surface area contributed by atoms with E-state index in [1.807, 2.05) is 0 Å². The van der Waals surface area contributed by atoms with Gasteiger partial charge in [0.05, 0.1) is 28.9 Å². The van der Waals surface area contributed by atoms with Crippen LogP contribution >= 0.6 is 0 Å². The molecule has 0 aliphatic rings. The summed E-state index contributed by atoms with van der Waals surface area (Å²) in [6, 6.07) is 1.20. The molecular weight excluding hydrogens is 361 g/mol. The first-order valence-corrected chi connectivity index (χ1v) is 7.92. The number of hydrazone groups is 1. The average Bonchev–Trinajstić information content (AvgIpc) is 3.07. The van der Waals surface area contributed by atoms with E-state index in [-0.39, 0.29) is 17.2 Å². The summed E-state index contributed by atoms with van der Waals surface area (Å²) in [5.74, 6) is -0.698. The molecule has 0 saturated carbocycles. The van der Waals surface area contributed by atoms with E-state index >= 15 is 0 Å². The zero-order chi connectivity index (χ0) is 19.7. The summed E-state index contributed by atoms with van der Waals surface area (Å²) in [7, 11) is 3.19. The number of nitrogens with zero attached hydrogens (tertiary/aromatic N) is 7. The third-order valence-corrected chi connectivity index (χ3v) is 3.81. The van der Waals surface area contributed by atoms with E-state index in [1.54, 1.807) is 31.8 Å². The molecule has 0 atom stereocenters. The number of hydrogen-bond acceptors (Lipinski definition) is 6. The summed E-state index contributed by atoms with van der Waals surface area (Å²) < 4.78 is 42.9. The Hall–Kier alpha value is -3.24. The molecule has 0 spiro atoms. The van der Waals surface area contributed by atoms with E-state index in [1.165, 1.54) is 19.3 Å². The molecule has 27 heavy (non-hydrogen) atoms. The zero-order valence-electron chi connectivity index (χ0n) is 15.1. The Labute approximate surface area is 152 Å². The van der Waals surface area contributed by atoms with Crippen molar-refractivity contribution in [2.75, 3.05) is 5.43 Å². The van der Waals surface area contributed by atoms with Crippen molar-refractivity contribution in [3.8, 4) is 11.3 Å². The second-order valence-electron chi connectivity index (χ2n) is 5.89. The summed E-state index contributed by atoms with van der Waals surface area (Å²) in [4.78, 5) is 7.95. The van der Waals surface area contributed by atoms with Gasteiger partial charge in [-0.05, 0) is 19.9 Å². The van der Waals surface area contributed by atoms with Gasteiger partial charge in [0, 0.05) is 25.9 Å². The number of aromatic nitrogens is 6. The van der Waals surface area contributed by atoms with Crippen LogP contribution in [0.5, 0.6) is 0 Å². The number of aryl methyl sites for hydroxylation is 4. The fourth-order valence-corrected chi connectivity index (χ4v) is 2.56. The van der Waals surface area contributed by atoms with Crippen molar-refractivity contribution in [3.05, 3.63) is 40.9 Å². The Morgan fingerprint density at radius 1 is 1.15 bits per heavy atom. The van der Waals surface area contributed by atoms with Crippen LogP contribution in [0.1, 0.15) is 29.1 Å². The number of halogens is 3. The minimum absolute atomic E-state index is 0.135. The summed E-state index contributed by atoms with van der Waals surface area (Å²) in [6.07, 6.45) is 0.0886. The van der Waals surface area contributed by atoms with Gasteiger partial charge < -0.3 is 0 Å². The first-order chi connectivity index (χ1) is 12.8. The minimum atomic E-state index is -2.79. The first kappa shape index (κ1) is 18.5.